The molecule has 0 aliphatic heterocycles. The fourth-order valence-corrected chi connectivity index (χ4v) is 5.28. The summed E-state index contributed by atoms with van der Waals surface area (Å²) in [6.07, 6.45) is 2.12. The van der Waals surface area contributed by atoms with E-state index in [1.807, 2.05) is 12.1 Å². The second-order valence-corrected chi connectivity index (χ2v) is 6.83. The van der Waals surface area contributed by atoms with Gasteiger partial charge in [-0.25, -0.2) is 0 Å². The Hall–Kier alpha value is -0.810. The molecule has 1 heterocycles. The maximum atomic E-state index is 9.64. The predicted molar refractivity (Wildman–Crippen MR) is 92.5 cm³/mol. The number of hydrogen-bond donors (Lipinski definition) is 1. The molecule has 3 heteroatoms. The summed E-state index contributed by atoms with van der Waals surface area (Å²) < 4.78 is 3.96. The SMILES string of the molecule is CCc1cc2c(sc3cc(O)ccc32)c(CC)c1I. The van der Waals surface area contributed by atoms with Crippen molar-refractivity contribution in [2.45, 2.75) is 26.7 Å². The summed E-state index contributed by atoms with van der Waals surface area (Å²) in [7, 11) is 0. The van der Waals surface area contributed by atoms with Gasteiger partial charge in [0.1, 0.15) is 5.75 Å². The summed E-state index contributed by atoms with van der Waals surface area (Å²) >= 11 is 4.27. The highest BCUT2D eigenvalue weighted by Gasteiger charge is 2.14. The van der Waals surface area contributed by atoms with Crippen molar-refractivity contribution in [1.29, 1.82) is 0 Å². The molecule has 1 nitrogen and oxygen atoms in total. The molecule has 98 valence electrons. The number of fused-ring (bicyclic) bond motifs is 3. The van der Waals surface area contributed by atoms with E-state index in [0.29, 0.717) is 5.75 Å². The summed E-state index contributed by atoms with van der Waals surface area (Å²) in [5.41, 5.74) is 2.88. The number of phenolic OH excluding ortho intramolecular Hbond substituents is 1. The van der Waals surface area contributed by atoms with Crippen LogP contribution in [0.5, 0.6) is 5.75 Å². The Kier molecular flexibility index (Phi) is 3.43. The van der Waals surface area contributed by atoms with Gasteiger partial charge < -0.3 is 5.11 Å². The normalized spacial score (nSPS) is 11.5. The van der Waals surface area contributed by atoms with Crippen LogP contribution in [0.3, 0.4) is 0 Å². The minimum atomic E-state index is 0.350. The van der Waals surface area contributed by atoms with Gasteiger partial charge in [0.05, 0.1) is 0 Å². The van der Waals surface area contributed by atoms with Crippen LogP contribution in [0.2, 0.25) is 0 Å². The Morgan fingerprint density at radius 1 is 1.11 bits per heavy atom. The van der Waals surface area contributed by atoms with E-state index in [1.54, 1.807) is 17.4 Å². The first-order valence-corrected chi connectivity index (χ1v) is 8.40. The number of benzene rings is 2. The minimum Gasteiger partial charge on any atom is -0.508 e. The Morgan fingerprint density at radius 2 is 1.89 bits per heavy atom. The van der Waals surface area contributed by atoms with Gasteiger partial charge >= 0.3 is 0 Å². The molecule has 3 rings (SSSR count). The molecule has 1 aromatic heterocycles. The Balaban J connectivity index is 2.49. The van der Waals surface area contributed by atoms with E-state index in [1.165, 1.54) is 34.9 Å². The maximum Gasteiger partial charge on any atom is 0.117 e. The van der Waals surface area contributed by atoms with Gasteiger partial charge in [0.2, 0.25) is 0 Å². The standard InChI is InChI=1S/C16H15IOS/c1-3-9-7-13-12-6-5-10(18)8-14(12)19-16(13)11(4-2)15(9)17/h5-8,18H,3-4H2,1-2H3. The number of phenols is 1. The van der Waals surface area contributed by atoms with Crippen molar-refractivity contribution in [2.24, 2.45) is 0 Å². The van der Waals surface area contributed by atoms with Gasteiger partial charge in [-0.1, -0.05) is 13.8 Å². The predicted octanol–water partition coefficient (Wildman–Crippen LogP) is 5.49. The van der Waals surface area contributed by atoms with Gasteiger partial charge in [0.25, 0.3) is 0 Å². The average Bonchev–Trinajstić information content (AvgIpc) is 2.74. The van der Waals surface area contributed by atoms with Crippen molar-refractivity contribution < 1.29 is 5.11 Å². The van der Waals surface area contributed by atoms with Gasteiger partial charge in [0.15, 0.2) is 0 Å². The second-order valence-electron chi connectivity index (χ2n) is 4.69. The third-order valence-corrected chi connectivity index (χ3v) is 6.16. The summed E-state index contributed by atoms with van der Waals surface area (Å²) in [4.78, 5) is 0. The highest BCUT2D eigenvalue weighted by Crippen LogP contribution is 2.40. The lowest BCUT2D eigenvalue weighted by atomic mass is 10.0. The van der Waals surface area contributed by atoms with Gasteiger partial charge in [0, 0.05) is 23.7 Å². The second kappa shape index (κ2) is 4.94. The van der Waals surface area contributed by atoms with Crippen LogP contribution in [0.25, 0.3) is 20.2 Å². The molecule has 0 radical (unpaired) electrons. The van der Waals surface area contributed by atoms with Crippen LogP contribution in [0, 0.1) is 3.57 Å². The minimum absolute atomic E-state index is 0.350. The quantitative estimate of drug-likeness (QED) is 0.581. The number of aryl methyl sites for hydroxylation is 2. The zero-order chi connectivity index (χ0) is 13.6. The van der Waals surface area contributed by atoms with Gasteiger partial charge in [-0.2, -0.15) is 0 Å². The molecule has 0 aliphatic rings. The molecule has 19 heavy (non-hydrogen) atoms. The van der Waals surface area contributed by atoms with E-state index in [9.17, 15) is 5.11 Å². The molecule has 0 unspecified atom stereocenters. The lowest BCUT2D eigenvalue weighted by Crippen LogP contribution is -1.93. The van der Waals surface area contributed by atoms with Crippen LogP contribution >= 0.6 is 33.9 Å². The van der Waals surface area contributed by atoms with Gasteiger partial charge in [-0.3, -0.25) is 0 Å². The molecule has 0 saturated carbocycles. The first kappa shape index (κ1) is 13.2. The topological polar surface area (TPSA) is 20.2 Å². The third-order valence-electron chi connectivity index (χ3n) is 3.59. The highest BCUT2D eigenvalue weighted by molar-refractivity contribution is 14.1. The first-order valence-electron chi connectivity index (χ1n) is 6.51. The number of hydrogen-bond acceptors (Lipinski definition) is 2. The largest absolute Gasteiger partial charge is 0.508 e. The molecule has 2 aromatic carbocycles. The smallest absolute Gasteiger partial charge is 0.117 e. The van der Waals surface area contributed by atoms with Crippen molar-refractivity contribution in [3.8, 4) is 5.75 Å². The highest BCUT2D eigenvalue weighted by atomic mass is 127. The van der Waals surface area contributed by atoms with Crippen molar-refractivity contribution in [3.05, 3.63) is 39.0 Å². The summed E-state index contributed by atoms with van der Waals surface area (Å²) in [5.74, 6) is 0.350. The van der Waals surface area contributed by atoms with E-state index < -0.39 is 0 Å². The number of halogens is 1. The van der Waals surface area contributed by atoms with E-state index in [2.05, 4.69) is 42.5 Å². The lowest BCUT2D eigenvalue weighted by Gasteiger charge is -2.09. The van der Waals surface area contributed by atoms with Crippen molar-refractivity contribution >= 4 is 54.1 Å². The van der Waals surface area contributed by atoms with Crippen molar-refractivity contribution in [3.63, 3.8) is 0 Å². The molecule has 0 saturated heterocycles. The molecule has 0 amide bonds. The lowest BCUT2D eigenvalue weighted by molar-refractivity contribution is 0.476. The summed E-state index contributed by atoms with van der Waals surface area (Å²) in [5, 5.41) is 12.2. The fraction of sp³-hybridized carbons (Fsp3) is 0.250. The summed E-state index contributed by atoms with van der Waals surface area (Å²) in [6, 6.07) is 8.02. The van der Waals surface area contributed by atoms with E-state index >= 15 is 0 Å². The first-order chi connectivity index (χ1) is 9.15. The van der Waals surface area contributed by atoms with Crippen LogP contribution in [0.1, 0.15) is 25.0 Å². The fourth-order valence-electron chi connectivity index (χ4n) is 2.58. The van der Waals surface area contributed by atoms with Crippen LogP contribution in [0.4, 0.5) is 0 Å². The van der Waals surface area contributed by atoms with E-state index in [4.69, 9.17) is 0 Å². The van der Waals surface area contributed by atoms with Crippen LogP contribution < -0.4 is 0 Å². The molecule has 0 atom stereocenters. The van der Waals surface area contributed by atoms with Crippen molar-refractivity contribution in [1.82, 2.24) is 0 Å². The van der Waals surface area contributed by atoms with Gasteiger partial charge in [-0.15, -0.1) is 11.3 Å². The molecule has 0 fully saturated rings. The number of thiophene rings is 1. The summed E-state index contributed by atoms with van der Waals surface area (Å²) in [6.45, 7) is 4.43. The third kappa shape index (κ3) is 2.03. The molecule has 0 bridgehead atoms. The molecular weight excluding hydrogens is 367 g/mol. The molecular formula is C16H15IOS. The number of aromatic hydroxyl groups is 1. The van der Waals surface area contributed by atoms with Crippen LogP contribution in [-0.2, 0) is 12.8 Å². The molecule has 0 spiro atoms. The Bertz CT molecular complexity index is 773. The van der Waals surface area contributed by atoms with Crippen LogP contribution in [-0.4, -0.2) is 5.11 Å². The Labute approximate surface area is 130 Å². The zero-order valence-electron chi connectivity index (χ0n) is 11.0. The van der Waals surface area contributed by atoms with E-state index in [0.717, 1.165) is 12.8 Å². The average molecular weight is 382 g/mol. The molecule has 3 aromatic rings. The molecule has 0 aliphatic carbocycles. The maximum absolute atomic E-state index is 9.64. The molecule has 1 N–H and O–H groups in total. The van der Waals surface area contributed by atoms with Crippen LogP contribution in [0.15, 0.2) is 24.3 Å². The monoisotopic (exact) mass is 382 g/mol. The zero-order valence-corrected chi connectivity index (χ0v) is 13.9. The van der Waals surface area contributed by atoms with Gasteiger partial charge in [-0.05, 0) is 70.8 Å². The van der Waals surface area contributed by atoms with E-state index in [-0.39, 0.29) is 0 Å². The number of rotatable bonds is 2. The Morgan fingerprint density at radius 3 is 2.58 bits per heavy atom. The van der Waals surface area contributed by atoms with Crippen molar-refractivity contribution in [2.75, 3.05) is 0 Å².